The Morgan fingerprint density at radius 1 is 1.25 bits per heavy atom. The van der Waals surface area contributed by atoms with E-state index < -0.39 is 0 Å². The van der Waals surface area contributed by atoms with Crippen LogP contribution in [0.5, 0.6) is 0 Å². The zero-order valence-corrected chi connectivity index (χ0v) is 19.4. The number of hydrogen-bond acceptors (Lipinski definition) is 4. The highest BCUT2D eigenvalue weighted by Crippen LogP contribution is 2.36. The van der Waals surface area contributed by atoms with E-state index >= 15 is 0 Å². The molecule has 0 bridgehead atoms. The Bertz CT molecular complexity index is 1030. The number of rotatable bonds is 5. The first-order chi connectivity index (χ1) is 15.5. The van der Waals surface area contributed by atoms with E-state index in [-0.39, 0.29) is 12.0 Å². The molecular formula is C25H30ClN3O3. The van der Waals surface area contributed by atoms with Crippen molar-refractivity contribution in [3.63, 3.8) is 0 Å². The average molecular weight is 456 g/mol. The highest BCUT2D eigenvalue weighted by Gasteiger charge is 2.27. The van der Waals surface area contributed by atoms with Crippen molar-refractivity contribution < 1.29 is 14.3 Å². The minimum Gasteiger partial charge on any atom is -0.449 e. The van der Waals surface area contributed by atoms with E-state index in [0.717, 1.165) is 59.3 Å². The number of pyridine rings is 1. The molecule has 0 N–H and O–H groups in total. The average Bonchev–Trinajstić information content (AvgIpc) is 2.82. The van der Waals surface area contributed by atoms with Gasteiger partial charge in [0.2, 0.25) is 0 Å². The maximum Gasteiger partial charge on any atom is 0.409 e. The number of amides is 2. The molecule has 2 amide bonds. The lowest BCUT2D eigenvalue weighted by molar-refractivity contribution is 0.0560. The molecule has 2 aromatic rings. The van der Waals surface area contributed by atoms with Crippen LogP contribution in [0.1, 0.15) is 47.8 Å². The third-order valence-corrected chi connectivity index (χ3v) is 6.82. The number of nitrogens with zero attached hydrogens (tertiary/aromatic N) is 3. The summed E-state index contributed by atoms with van der Waals surface area (Å²) in [7, 11) is 0. The summed E-state index contributed by atoms with van der Waals surface area (Å²) in [4.78, 5) is 33.5. The summed E-state index contributed by atoms with van der Waals surface area (Å²) >= 11 is 6.74. The van der Waals surface area contributed by atoms with Crippen LogP contribution in [-0.4, -0.2) is 59.6 Å². The molecule has 1 saturated heterocycles. The van der Waals surface area contributed by atoms with Gasteiger partial charge in [0, 0.05) is 42.8 Å². The first-order valence-corrected chi connectivity index (χ1v) is 11.8. The van der Waals surface area contributed by atoms with Crippen molar-refractivity contribution in [2.24, 2.45) is 5.92 Å². The third-order valence-electron chi connectivity index (χ3n) is 6.39. The topological polar surface area (TPSA) is 62.7 Å². The summed E-state index contributed by atoms with van der Waals surface area (Å²) < 4.78 is 5.20. The SMILES string of the molecule is C=CCC1CCc2c(nc3cc(C(=O)N4CCN(C(=O)OCCC)CC4)ccc3c2Cl)C1. The Kier molecular flexibility index (Phi) is 6.99. The molecule has 0 spiro atoms. The van der Waals surface area contributed by atoms with Crippen molar-refractivity contribution in [2.75, 3.05) is 32.8 Å². The van der Waals surface area contributed by atoms with Crippen LogP contribution in [0.25, 0.3) is 10.9 Å². The minimum atomic E-state index is -0.303. The van der Waals surface area contributed by atoms with Crippen LogP contribution in [0.3, 0.4) is 0 Å². The molecule has 1 aliphatic heterocycles. The number of halogens is 1. The number of fused-ring (bicyclic) bond motifs is 2. The number of allylic oxidation sites excluding steroid dienone is 1. The van der Waals surface area contributed by atoms with Gasteiger partial charge in [-0.3, -0.25) is 9.78 Å². The van der Waals surface area contributed by atoms with Crippen LogP contribution in [0.4, 0.5) is 4.79 Å². The lowest BCUT2D eigenvalue weighted by atomic mass is 9.84. The van der Waals surface area contributed by atoms with Gasteiger partial charge in [0.05, 0.1) is 17.1 Å². The van der Waals surface area contributed by atoms with Gasteiger partial charge in [-0.25, -0.2) is 4.79 Å². The molecule has 7 heteroatoms. The van der Waals surface area contributed by atoms with Gasteiger partial charge in [0.1, 0.15) is 0 Å². The summed E-state index contributed by atoms with van der Waals surface area (Å²) in [5.74, 6) is 0.500. The van der Waals surface area contributed by atoms with Crippen LogP contribution in [0.2, 0.25) is 5.02 Å². The second-order valence-electron chi connectivity index (χ2n) is 8.61. The van der Waals surface area contributed by atoms with Gasteiger partial charge in [0.25, 0.3) is 5.91 Å². The molecule has 2 aliphatic rings. The molecule has 1 aromatic carbocycles. The minimum absolute atomic E-state index is 0.0475. The Balaban J connectivity index is 1.50. The van der Waals surface area contributed by atoms with Crippen molar-refractivity contribution in [3.8, 4) is 0 Å². The number of hydrogen-bond donors (Lipinski definition) is 0. The van der Waals surface area contributed by atoms with E-state index in [2.05, 4.69) is 6.58 Å². The molecule has 6 nitrogen and oxygen atoms in total. The predicted molar refractivity (Wildman–Crippen MR) is 126 cm³/mol. The Morgan fingerprint density at radius 3 is 2.72 bits per heavy atom. The van der Waals surface area contributed by atoms with Gasteiger partial charge in [-0.2, -0.15) is 0 Å². The predicted octanol–water partition coefficient (Wildman–Crippen LogP) is 4.87. The summed E-state index contributed by atoms with van der Waals surface area (Å²) in [5, 5.41) is 1.66. The van der Waals surface area contributed by atoms with Gasteiger partial charge in [0.15, 0.2) is 0 Å². The van der Waals surface area contributed by atoms with Crippen molar-refractivity contribution in [2.45, 2.75) is 39.0 Å². The van der Waals surface area contributed by atoms with E-state index in [0.29, 0.717) is 44.3 Å². The van der Waals surface area contributed by atoms with Crippen LogP contribution >= 0.6 is 11.6 Å². The molecule has 170 valence electrons. The molecular weight excluding hydrogens is 426 g/mol. The zero-order valence-electron chi connectivity index (χ0n) is 18.6. The third kappa shape index (κ3) is 4.60. The molecule has 0 radical (unpaired) electrons. The molecule has 1 fully saturated rings. The fourth-order valence-corrected chi connectivity index (χ4v) is 4.95. The van der Waals surface area contributed by atoms with E-state index in [9.17, 15) is 9.59 Å². The fraction of sp³-hybridized carbons (Fsp3) is 0.480. The van der Waals surface area contributed by atoms with E-state index in [4.69, 9.17) is 21.3 Å². The summed E-state index contributed by atoms with van der Waals surface area (Å²) in [6, 6.07) is 5.59. The second kappa shape index (κ2) is 9.90. The van der Waals surface area contributed by atoms with Gasteiger partial charge in [-0.1, -0.05) is 30.7 Å². The number of benzene rings is 1. The van der Waals surface area contributed by atoms with Gasteiger partial charge in [-0.05, 0) is 55.7 Å². The first kappa shape index (κ1) is 22.6. The zero-order chi connectivity index (χ0) is 22.7. The smallest absolute Gasteiger partial charge is 0.409 e. The van der Waals surface area contributed by atoms with E-state index in [1.807, 2.05) is 31.2 Å². The van der Waals surface area contributed by atoms with Gasteiger partial charge in [-0.15, -0.1) is 6.58 Å². The molecule has 1 atom stereocenters. The quantitative estimate of drug-likeness (QED) is 0.603. The summed E-state index contributed by atoms with van der Waals surface area (Å²) in [6.07, 6.45) is 6.36. The van der Waals surface area contributed by atoms with Crippen LogP contribution in [0.15, 0.2) is 30.9 Å². The molecule has 1 aromatic heterocycles. The molecule has 4 rings (SSSR count). The maximum atomic E-state index is 13.1. The van der Waals surface area contributed by atoms with E-state index in [1.54, 1.807) is 9.80 Å². The van der Waals surface area contributed by atoms with Crippen molar-refractivity contribution >= 4 is 34.5 Å². The van der Waals surface area contributed by atoms with Crippen LogP contribution < -0.4 is 0 Å². The summed E-state index contributed by atoms with van der Waals surface area (Å²) in [5.41, 5.74) is 3.55. The lowest BCUT2D eigenvalue weighted by Gasteiger charge is -2.34. The number of carbonyl (C=O) groups is 2. The maximum absolute atomic E-state index is 13.1. The van der Waals surface area contributed by atoms with Crippen molar-refractivity contribution in [3.05, 3.63) is 52.7 Å². The van der Waals surface area contributed by atoms with Crippen LogP contribution in [0, 0.1) is 5.92 Å². The van der Waals surface area contributed by atoms with Crippen molar-refractivity contribution in [1.82, 2.24) is 14.8 Å². The van der Waals surface area contributed by atoms with Gasteiger partial charge < -0.3 is 14.5 Å². The lowest BCUT2D eigenvalue weighted by Crippen LogP contribution is -2.50. The fourth-order valence-electron chi connectivity index (χ4n) is 4.58. The number of carbonyl (C=O) groups excluding carboxylic acids is 2. The number of aromatic nitrogens is 1. The molecule has 1 unspecified atom stereocenters. The number of piperazine rings is 1. The Morgan fingerprint density at radius 2 is 2.00 bits per heavy atom. The summed E-state index contributed by atoms with van der Waals surface area (Å²) in [6.45, 7) is 8.17. The largest absolute Gasteiger partial charge is 0.449 e. The van der Waals surface area contributed by atoms with Gasteiger partial charge >= 0.3 is 6.09 Å². The van der Waals surface area contributed by atoms with E-state index in [1.165, 1.54) is 0 Å². The normalized spacial score (nSPS) is 18.4. The van der Waals surface area contributed by atoms with Crippen LogP contribution in [-0.2, 0) is 17.6 Å². The molecule has 0 saturated carbocycles. The Labute approximate surface area is 194 Å². The Hall–Kier alpha value is -2.60. The monoisotopic (exact) mass is 455 g/mol. The molecule has 1 aliphatic carbocycles. The first-order valence-electron chi connectivity index (χ1n) is 11.4. The number of ether oxygens (including phenoxy) is 1. The standard InChI is InChI=1S/C25H30ClN3O3/c1-3-5-17-6-8-19-21(15-17)27-22-16-18(7-9-20(22)23(19)26)24(30)28-10-12-29(13-11-28)25(31)32-14-4-2/h3,7,9,16-17H,1,4-6,8,10-15H2,2H3. The molecule has 32 heavy (non-hydrogen) atoms. The molecule has 2 heterocycles. The highest BCUT2D eigenvalue weighted by atomic mass is 35.5. The van der Waals surface area contributed by atoms with Crippen molar-refractivity contribution in [1.29, 1.82) is 0 Å². The second-order valence-corrected chi connectivity index (χ2v) is 8.99. The highest BCUT2D eigenvalue weighted by molar-refractivity contribution is 6.36.